The molecule has 164 valence electrons. The third-order valence-electron chi connectivity index (χ3n) is 6.24. The van der Waals surface area contributed by atoms with Crippen LogP contribution >= 0.6 is 11.6 Å². The Kier molecular flexibility index (Phi) is 5.39. The number of aryl methyl sites for hydroxylation is 1. The molecule has 2 aromatic carbocycles. The van der Waals surface area contributed by atoms with Crippen molar-refractivity contribution in [3.8, 4) is 22.4 Å². The summed E-state index contributed by atoms with van der Waals surface area (Å²) in [6, 6.07) is 17.0. The van der Waals surface area contributed by atoms with E-state index in [1.54, 1.807) is 10.6 Å². The van der Waals surface area contributed by atoms with Gasteiger partial charge in [0, 0.05) is 35.8 Å². The highest BCUT2D eigenvalue weighted by molar-refractivity contribution is 6.31. The first kappa shape index (κ1) is 21.0. The number of carbonyl (C=O) groups is 1. The van der Waals surface area contributed by atoms with Gasteiger partial charge in [-0.2, -0.15) is 0 Å². The predicted octanol–water partition coefficient (Wildman–Crippen LogP) is 4.64. The predicted molar refractivity (Wildman–Crippen MR) is 126 cm³/mol. The van der Waals surface area contributed by atoms with Gasteiger partial charge in [-0.05, 0) is 49.6 Å². The van der Waals surface area contributed by atoms with E-state index in [2.05, 4.69) is 0 Å². The number of pyridine rings is 1. The van der Waals surface area contributed by atoms with Crippen molar-refractivity contribution in [1.82, 2.24) is 9.47 Å². The van der Waals surface area contributed by atoms with Crippen LogP contribution in [0.15, 0.2) is 59.4 Å². The molecule has 2 aliphatic heterocycles. The largest absolute Gasteiger partial charge is 0.372 e. The maximum Gasteiger partial charge on any atom is 0.258 e. The zero-order valence-corrected chi connectivity index (χ0v) is 18.9. The first-order valence-electron chi connectivity index (χ1n) is 11.0. The number of nitrogens with zero attached hydrogens (tertiary/aromatic N) is 2. The van der Waals surface area contributed by atoms with E-state index in [-0.39, 0.29) is 23.7 Å². The third-order valence-corrected chi connectivity index (χ3v) is 6.48. The fraction of sp³-hybridized carbons (Fsp3) is 0.308. The van der Waals surface area contributed by atoms with E-state index in [0.29, 0.717) is 41.5 Å². The maximum absolute atomic E-state index is 13.9. The van der Waals surface area contributed by atoms with E-state index >= 15 is 0 Å². The second kappa shape index (κ2) is 8.23. The zero-order chi connectivity index (χ0) is 22.4. The van der Waals surface area contributed by atoms with Crippen LogP contribution in [0.4, 0.5) is 0 Å². The Morgan fingerprint density at radius 3 is 2.44 bits per heavy atom. The molecule has 32 heavy (non-hydrogen) atoms. The van der Waals surface area contributed by atoms with Gasteiger partial charge in [0.25, 0.3) is 11.5 Å². The van der Waals surface area contributed by atoms with Crippen LogP contribution in [0.5, 0.6) is 0 Å². The zero-order valence-electron chi connectivity index (χ0n) is 18.2. The van der Waals surface area contributed by atoms with Crippen LogP contribution < -0.4 is 5.56 Å². The molecule has 1 fully saturated rings. The minimum atomic E-state index is -0.0860. The van der Waals surface area contributed by atoms with Crippen molar-refractivity contribution in [2.24, 2.45) is 0 Å². The molecule has 0 N–H and O–H groups in total. The van der Waals surface area contributed by atoms with Crippen molar-refractivity contribution in [2.75, 3.05) is 13.1 Å². The van der Waals surface area contributed by atoms with Crippen LogP contribution in [0, 0.1) is 0 Å². The number of hydrogen-bond acceptors (Lipinski definition) is 3. The molecule has 5 nitrogen and oxygen atoms in total. The molecule has 0 spiro atoms. The number of carbonyl (C=O) groups excluding carboxylic acids is 1. The number of hydrogen-bond donors (Lipinski definition) is 0. The molecular weight excluding hydrogens is 424 g/mol. The van der Waals surface area contributed by atoms with Gasteiger partial charge in [-0.3, -0.25) is 9.59 Å². The van der Waals surface area contributed by atoms with Crippen LogP contribution in [0.2, 0.25) is 5.02 Å². The van der Waals surface area contributed by atoms with Gasteiger partial charge < -0.3 is 14.2 Å². The molecule has 0 saturated carbocycles. The minimum absolute atomic E-state index is 0.0414. The summed E-state index contributed by atoms with van der Waals surface area (Å²) in [6.45, 7) is 5.52. The molecular formula is C26H25ClN2O3. The van der Waals surface area contributed by atoms with Crippen LogP contribution in [-0.4, -0.2) is 40.7 Å². The van der Waals surface area contributed by atoms with Crippen molar-refractivity contribution < 1.29 is 9.53 Å². The van der Waals surface area contributed by atoms with Crippen LogP contribution in [-0.2, 0) is 17.7 Å². The lowest BCUT2D eigenvalue weighted by atomic mass is 9.92. The molecule has 1 saturated heterocycles. The first-order valence-corrected chi connectivity index (χ1v) is 11.4. The maximum atomic E-state index is 13.9. The normalized spacial score (nSPS) is 19.9. The molecule has 2 aliphatic rings. The number of rotatable bonds is 2. The Balaban J connectivity index is 1.74. The number of amides is 1. The fourth-order valence-electron chi connectivity index (χ4n) is 4.89. The number of fused-ring (bicyclic) bond motifs is 3. The summed E-state index contributed by atoms with van der Waals surface area (Å²) < 4.78 is 7.58. The van der Waals surface area contributed by atoms with Gasteiger partial charge in [-0.15, -0.1) is 0 Å². The number of halogens is 1. The van der Waals surface area contributed by atoms with Gasteiger partial charge in [-0.25, -0.2) is 0 Å². The van der Waals surface area contributed by atoms with E-state index in [0.717, 1.165) is 23.1 Å². The lowest BCUT2D eigenvalue weighted by Gasteiger charge is -2.36. The van der Waals surface area contributed by atoms with Gasteiger partial charge >= 0.3 is 0 Å². The lowest BCUT2D eigenvalue weighted by molar-refractivity contribution is -0.0586. The molecule has 5 rings (SSSR count). The quantitative estimate of drug-likeness (QED) is 0.573. The summed E-state index contributed by atoms with van der Waals surface area (Å²) in [6.07, 6.45) is 0.636. The summed E-state index contributed by atoms with van der Waals surface area (Å²) >= 11 is 6.33. The second-order valence-corrected chi connectivity index (χ2v) is 9.10. The summed E-state index contributed by atoms with van der Waals surface area (Å²) in [4.78, 5) is 29.3. The third kappa shape index (κ3) is 3.65. The van der Waals surface area contributed by atoms with Gasteiger partial charge in [-0.1, -0.05) is 48.0 Å². The van der Waals surface area contributed by atoms with Crippen molar-refractivity contribution in [3.63, 3.8) is 0 Å². The summed E-state index contributed by atoms with van der Waals surface area (Å²) in [7, 11) is 0. The van der Waals surface area contributed by atoms with Crippen LogP contribution in [0.3, 0.4) is 0 Å². The highest BCUT2D eigenvalue weighted by Gasteiger charge is 2.32. The molecule has 6 heteroatoms. The Morgan fingerprint density at radius 2 is 1.72 bits per heavy atom. The highest BCUT2D eigenvalue weighted by Crippen LogP contribution is 2.35. The standard InChI is InChI=1S/C26H25ClN2O3/c1-16-14-28(15-17(2)32-16)25(30)23-13-22(18-6-4-3-5-7-18)26(31)29-11-10-19-8-9-20(27)12-21(19)24(23)29/h3-9,12-13,16-17H,10-11,14-15H2,1-2H3/t16-,17+. The van der Waals surface area contributed by atoms with Gasteiger partial charge in [0.05, 0.1) is 23.5 Å². The lowest BCUT2D eigenvalue weighted by Crippen LogP contribution is -2.48. The van der Waals surface area contributed by atoms with Crippen molar-refractivity contribution in [3.05, 3.63) is 81.1 Å². The molecule has 1 amide bonds. The average Bonchev–Trinajstić information content (AvgIpc) is 2.78. The topological polar surface area (TPSA) is 51.5 Å². The Hall–Kier alpha value is -2.89. The second-order valence-electron chi connectivity index (χ2n) is 8.66. The molecule has 3 heterocycles. The van der Waals surface area contributed by atoms with E-state index in [9.17, 15) is 9.59 Å². The minimum Gasteiger partial charge on any atom is -0.372 e. The molecule has 2 atom stereocenters. The highest BCUT2D eigenvalue weighted by atomic mass is 35.5. The van der Waals surface area contributed by atoms with Gasteiger partial charge in [0.1, 0.15) is 0 Å². The SMILES string of the molecule is C[C@@H]1CN(C(=O)c2cc(-c3ccccc3)c(=O)n3c2-c2cc(Cl)ccc2CC3)C[C@H](C)O1. The first-order chi connectivity index (χ1) is 15.4. The average molecular weight is 449 g/mol. The summed E-state index contributed by atoms with van der Waals surface area (Å²) in [5.74, 6) is -0.0826. The van der Waals surface area contributed by atoms with E-state index in [1.807, 2.05) is 67.3 Å². The van der Waals surface area contributed by atoms with Crippen LogP contribution in [0.1, 0.15) is 29.8 Å². The smallest absolute Gasteiger partial charge is 0.258 e. The molecule has 3 aromatic rings. The Labute approximate surface area is 192 Å². The summed E-state index contributed by atoms with van der Waals surface area (Å²) in [5.41, 5.74) is 4.41. The number of ether oxygens (including phenoxy) is 1. The van der Waals surface area contributed by atoms with E-state index < -0.39 is 0 Å². The number of benzene rings is 2. The van der Waals surface area contributed by atoms with Crippen molar-refractivity contribution in [1.29, 1.82) is 0 Å². The molecule has 0 aliphatic carbocycles. The van der Waals surface area contributed by atoms with Crippen LogP contribution in [0.25, 0.3) is 22.4 Å². The fourth-order valence-corrected chi connectivity index (χ4v) is 5.06. The number of aromatic nitrogens is 1. The molecule has 0 bridgehead atoms. The molecule has 0 radical (unpaired) electrons. The van der Waals surface area contributed by atoms with Crippen molar-refractivity contribution in [2.45, 2.75) is 39.0 Å². The van der Waals surface area contributed by atoms with Crippen molar-refractivity contribution >= 4 is 17.5 Å². The monoisotopic (exact) mass is 448 g/mol. The van der Waals surface area contributed by atoms with E-state index in [1.165, 1.54) is 0 Å². The number of morpholine rings is 1. The Morgan fingerprint density at radius 1 is 1.00 bits per heavy atom. The van der Waals surface area contributed by atoms with E-state index in [4.69, 9.17) is 16.3 Å². The van der Waals surface area contributed by atoms with Gasteiger partial charge in [0.2, 0.25) is 0 Å². The molecule has 1 aromatic heterocycles. The van der Waals surface area contributed by atoms with Gasteiger partial charge in [0.15, 0.2) is 0 Å². The summed E-state index contributed by atoms with van der Waals surface area (Å²) in [5, 5.41) is 0.587. The Bertz CT molecular complexity index is 1240. The molecule has 0 unspecified atom stereocenters.